The lowest BCUT2D eigenvalue weighted by Crippen LogP contribution is -2.25. The molecule has 0 saturated carbocycles. The molecule has 136 valence electrons. The maximum absolute atomic E-state index is 11.5. The molecule has 5 nitrogen and oxygen atoms in total. The largest absolute Gasteiger partial charge is 0.478 e. The van der Waals surface area contributed by atoms with Crippen molar-refractivity contribution in [3.05, 3.63) is 64.7 Å². The van der Waals surface area contributed by atoms with Gasteiger partial charge >= 0.3 is 5.97 Å². The third-order valence-electron chi connectivity index (χ3n) is 5.05. The first-order valence-electron chi connectivity index (χ1n) is 9.00. The van der Waals surface area contributed by atoms with Gasteiger partial charge in [0, 0.05) is 17.0 Å². The van der Waals surface area contributed by atoms with E-state index in [1.54, 1.807) is 12.1 Å². The van der Waals surface area contributed by atoms with E-state index in [1.807, 2.05) is 24.3 Å². The van der Waals surface area contributed by atoms with Crippen molar-refractivity contribution in [3.63, 3.8) is 0 Å². The highest BCUT2D eigenvalue weighted by Gasteiger charge is 2.28. The van der Waals surface area contributed by atoms with Crippen LogP contribution in [0.1, 0.15) is 53.2 Å². The van der Waals surface area contributed by atoms with Crippen LogP contribution in [0.5, 0.6) is 5.75 Å². The van der Waals surface area contributed by atoms with Crippen LogP contribution in [0.25, 0.3) is 0 Å². The second kappa shape index (κ2) is 7.70. The van der Waals surface area contributed by atoms with Crippen LogP contribution in [-0.2, 0) is 0 Å². The maximum atomic E-state index is 11.5. The molecule has 1 unspecified atom stereocenters. The summed E-state index contributed by atoms with van der Waals surface area (Å²) in [5, 5.41) is 17.7. The van der Waals surface area contributed by atoms with Crippen LogP contribution in [0.15, 0.2) is 42.5 Å². The Hall–Kier alpha value is -2.66. The summed E-state index contributed by atoms with van der Waals surface area (Å²) < 4.78 is 5.78. The van der Waals surface area contributed by atoms with Crippen molar-refractivity contribution >= 4 is 11.9 Å². The van der Waals surface area contributed by atoms with Crippen molar-refractivity contribution in [2.45, 2.75) is 26.2 Å². The number of carbonyl (C=O) groups is 1. The number of ether oxygens (including phenoxy) is 1. The summed E-state index contributed by atoms with van der Waals surface area (Å²) in [7, 11) is 0. The van der Waals surface area contributed by atoms with E-state index in [9.17, 15) is 9.90 Å². The molecule has 1 atom stereocenters. The molecule has 1 aliphatic heterocycles. The summed E-state index contributed by atoms with van der Waals surface area (Å²) in [5.74, 6) is -0.289. The number of aromatic carboxylic acids is 1. The Morgan fingerprint density at radius 3 is 2.58 bits per heavy atom. The van der Waals surface area contributed by atoms with E-state index in [0.717, 1.165) is 42.7 Å². The predicted octanol–water partition coefficient (Wildman–Crippen LogP) is 3.97. The number of carboxylic acids is 1. The third-order valence-corrected chi connectivity index (χ3v) is 5.05. The minimum absolute atomic E-state index is 0.0102. The number of rotatable bonds is 6. The van der Waals surface area contributed by atoms with E-state index in [4.69, 9.17) is 10.1 Å². The van der Waals surface area contributed by atoms with Crippen LogP contribution in [-0.4, -0.2) is 41.5 Å². The van der Waals surface area contributed by atoms with Crippen LogP contribution in [0.4, 0.5) is 0 Å². The van der Waals surface area contributed by atoms with Gasteiger partial charge in [-0.15, -0.1) is 0 Å². The lowest BCUT2D eigenvalue weighted by molar-refractivity contribution is 0.0696. The van der Waals surface area contributed by atoms with Crippen LogP contribution in [0, 0.1) is 5.41 Å². The van der Waals surface area contributed by atoms with Crippen molar-refractivity contribution in [1.29, 1.82) is 5.41 Å². The summed E-state index contributed by atoms with van der Waals surface area (Å²) in [4.78, 5) is 13.8. The molecule has 1 aliphatic rings. The molecule has 0 aliphatic carbocycles. The molecular formula is C21H24N2O3. The minimum Gasteiger partial charge on any atom is -0.478 e. The zero-order valence-corrected chi connectivity index (χ0v) is 15.2. The molecule has 0 aromatic heterocycles. The fourth-order valence-electron chi connectivity index (χ4n) is 3.55. The minimum atomic E-state index is -0.956. The summed E-state index contributed by atoms with van der Waals surface area (Å²) in [6.45, 7) is 7.12. The Morgan fingerprint density at radius 1 is 1.15 bits per heavy atom. The molecule has 0 spiro atoms. The number of hydrogen-bond acceptors (Lipinski definition) is 4. The molecule has 0 radical (unpaired) electrons. The molecule has 26 heavy (non-hydrogen) atoms. The number of nitrogens with one attached hydrogen (secondary N) is 1. The van der Waals surface area contributed by atoms with E-state index in [0.29, 0.717) is 5.75 Å². The van der Waals surface area contributed by atoms with E-state index < -0.39 is 5.97 Å². The van der Waals surface area contributed by atoms with Gasteiger partial charge < -0.3 is 14.7 Å². The molecule has 1 heterocycles. The Bertz CT molecular complexity index is 828. The molecule has 0 fully saturated rings. The van der Waals surface area contributed by atoms with Gasteiger partial charge in [-0.1, -0.05) is 32.0 Å². The number of nitrogens with zero attached hydrogens (tertiary/aromatic N) is 1. The normalized spacial score (nSPS) is 15.8. The van der Waals surface area contributed by atoms with Gasteiger partial charge in [0.2, 0.25) is 5.90 Å². The standard InChI is InChI=1S/C21H24N2O3/c1-3-23(4-2)12-11-16-15-7-5-6-8-17(15)20(22)26-19-10-9-14(21(24)25)13-18(16)19/h5-10,13,16,22H,3-4,11-12H2,1-2H3,(H,24,25). The van der Waals surface area contributed by atoms with Gasteiger partial charge in [0.25, 0.3) is 0 Å². The van der Waals surface area contributed by atoms with Gasteiger partial charge in [-0.25, -0.2) is 4.79 Å². The Kier molecular flexibility index (Phi) is 5.38. The summed E-state index contributed by atoms with van der Waals surface area (Å²) in [5.41, 5.74) is 2.87. The highest BCUT2D eigenvalue weighted by atomic mass is 16.5. The zero-order chi connectivity index (χ0) is 18.7. The molecule has 0 saturated heterocycles. The Labute approximate surface area is 153 Å². The Morgan fingerprint density at radius 2 is 1.88 bits per heavy atom. The molecule has 5 heteroatoms. The first-order chi connectivity index (χ1) is 12.5. The monoisotopic (exact) mass is 352 g/mol. The highest BCUT2D eigenvalue weighted by Crippen LogP contribution is 2.40. The first kappa shape index (κ1) is 18.1. The summed E-state index contributed by atoms with van der Waals surface area (Å²) in [6.07, 6.45) is 0.839. The van der Waals surface area contributed by atoms with Crippen molar-refractivity contribution in [3.8, 4) is 5.75 Å². The fourth-order valence-corrected chi connectivity index (χ4v) is 3.55. The van der Waals surface area contributed by atoms with E-state index >= 15 is 0 Å². The summed E-state index contributed by atoms with van der Waals surface area (Å²) >= 11 is 0. The van der Waals surface area contributed by atoms with E-state index in [-0.39, 0.29) is 17.4 Å². The van der Waals surface area contributed by atoms with Crippen molar-refractivity contribution < 1.29 is 14.6 Å². The summed E-state index contributed by atoms with van der Waals surface area (Å²) in [6, 6.07) is 12.7. The molecule has 2 aromatic carbocycles. The quantitative estimate of drug-likeness (QED) is 0.825. The van der Waals surface area contributed by atoms with Gasteiger partial charge in [-0.2, -0.15) is 0 Å². The van der Waals surface area contributed by atoms with Crippen LogP contribution in [0.2, 0.25) is 0 Å². The van der Waals surface area contributed by atoms with E-state index in [2.05, 4.69) is 18.7 Å². The van der Waals surface area contributed by atoms with Crippen LogP contribution >= 0.6 is 0 Å². The molecule has 3 rings (SSSR count). The number of carboxylic acid groups (broad SMARTS) is 1. The lowest BCUT2D eigenvalue weighted by atomic mass is 9.85. The van der Waals surface area contributed by atoms with Crippen LogP contribution in [0.3, 0.4) is 0 Å². The second-order valence-corrected chi connectivity index (χ2v) is 6.44. The van der Waals surface area contributed by atoms with E-state index in [1.165, 1.54) is 6.07 Å². The smallest absolute Gasteiger partial charge is 0.335 e. The average molecular weight is 352 g/mol. The van der Waals surface area contributed by atoms with Crippen molar-refractivity contribution in [1.82, 2.24) is 4.90 Å². The molecule has 0 amide bonds. The molecular weight excluding hydrogens is 328 g/mol. The highest BCUT2D eigenvalue weighted by molar-refractivity contribution is 5.96. The SMILES string of the molecule is CCN(CC)CCC1c2cc(C(=O)O)ccc2OC(=N)c2ccccc21. The zero-order valence-electron chi connectivity index (χ0n) is 15.2. The number of fused-ring (bicyclic) bond motifs is 2. The van der Waals surface area contributed by atoms with Gasteiger partial charge in [-0.3, -0.25) is 5.41 Å². The second-order valence-electron chi connectivity index (χ2n) is 6.44. The van der Waals surface area contributed by atoms with Gasteiger partial charge in [0.05, 0.1) is 5.56 Å². The first-order valence-corrected chi connectivity index (χ1v) is 9.00. The molecule has 2 aromatic rings. The molecule has 0 bridgehead atoms. The van der Waals surface area contributed by atoms with Gasteiger partial charge in [0.15, 0.2) is 0 Å². The lowest BCUT2D eigenvalue weighted by Gasteiger charge is -2.24. The predicted molar refractivity (Wildman–Crippen MR) is 102 cm³/mol. The third kappa shape index (κ3) is 3.48. The van der Waals surface area contributed by atoms with Crippen LogP contribution < -0.4 is 4.74 Å². The van der Waals surface area contributed by atoms with Gasteiger partial charge in [0.1, 0.15) is 5.75 Å². The average Bonchev–Trinajstić information content (AvgIpc) is 2.77. The fraction of sp³-hybridized carbons (Fsp3) is 0.333. The topological polar surface area (TPSA) is 73.6 Å². The van der Waals surface area contributed by atoms with Gasteiger partial charge in [-0.05, 0) is 55.9 Å². The Balaban J connectivity index is 2.10. The maximum Gasteiger partial charge on any atom is 0.335 e. The van der Waals surface area contributed by atoms with Crippen molar-refractivity contribution in [2.24, 2.45) is 0 Å². The number of hydrogen-bond donors (Lipinski definition) is 2. The van der Waals surface area contributed by atoms with Crippen molar-refractivity contribution in [2.75, 3.05) is 19.6 Å². The molecule has 2 N–H and O–H groups in total. The number of benzene rings is 2.